The van der Waals surface area contributed by atoms with E-state index in [2.05, 4.69) is 22.9 Å². The van der Waals surface area contributed by atoms with Crippen LogP contribution in [0.4, 0.5) is 0 Å². The van der Waals surface area contributed by atoms with Gasteiger partial charge < -0.3 is 9.47 Å². The van der Waals surface area contributed by atoms with Gasteiger partial charge in [0.1, 0.15) is 11.5 Å². The summed E-state index contributed by atoms with van der Waals surface area (Å²) in [5.41, 5.74) is 0. The van der Waals surface area contributed by atoms with Crippen molar-refractivity contribution < 1.29 is 9.47 Å². The summed E-state index contributed by atoms with van der Waals surface area (Å²) in [6.07, 6.45) is 0. The number of benzene rings is 3. The molecule has 0 atom stereocenters. The quantitative estimate of drug-likeness (QED) is 0.628. The Labute approximate surface area is 118 Å². The predicted molar refractivity (Wildman–Crippen MR) is 81.3 cm³/mol. The zero-order valence-electron chi connectivity index (χ0n) is 11.2. The maximum absolute atomic E-state index is 5.89. The van der Waals surface area contributed by atoms with Crippen LogP contribution in [0.1, 0.15) is 0 Å². The van der Waals surface area contributed by atoms with Crippen molar-refractivity contribution in [3.8, 4) is 11.5 Å². The molecule has 100 valence electrons. The minimum atomic E-state index is 0.865. The van der Waals surface area contributed by atoms with Crippen LogP contribution in [0.3, 0.4) is 0 Å². The van der Waals surface area contributed by atoms with E-state index in [0.717, 1.165) is 30.1 Å². The number of ether oxygens (including phenoxy) is 2. The van der Waals surface area contributed by atoms with Crippen LogP contribution in [0, 0.1) is 0 Å². The Morgan fingerprint density at radius 2 is 1.35 bits per heavy atom. The van der Waals surface area contributed by atoms with Gasteiger partial charge in [-0.2, -0.15) is 0 Å². The molecule has 2 heteroatoms. The summed E-state index contributed by atoms with van der Waals surface area (Å²) in [6.45, 7) is 2.00. The average Bonchev–Trinajstić information content (AvgIpc) is 3.37. The van der Waals surface area contributed by atoms with E-state index in [1.54, 1.807) is 0 Å². The van der Waals surface area contributed by atoms with Crippen molar-refractivity contribution in [2.45, 2.75) is 0 Å². The first kappa shape index (κ1) is 12.7. The number of hydrogen-bond acceptors (Lipinski definition) is 2. The van der Waals surface area contributed by atoms with E-state index < -0.39 is 0 Å². The zero-order chi connectivity index (χ0) is 13.6. The largest absolute Gasteiger partial charge is 0.457 e. The van der Waals surface area contributed by atoms with E-state index in [9.17, 15) is 0 Å². The molecule has 1 heterocycles. The summed E-state index contributed by atoms with van der Waals surface area (Å²) >= 11 is 0. The summed E-state index contributed by atoms with van der Waals surface area (Å²) in [5.74, 6) is 1.76. The van der Waals surface area contributed by atoms with Gasteiger partial charge in [0.25, 0.3) is 0 Å². The van der Waals surface area contributed by atoms with E-state index in [1.807, 2.05) is 54.6 Å². The first-order valence-corrected chi connectivity index (χ1v) is 6.72. The summed E-state index contributed by atoms with van der Waals surface area (Å²) in [5, 5.41) is 2.33. The third kappa shape index (κ3) is 3.37. The average molecular weight is 264 g/mol. The third-order valence-electron chi connectivity index (χ3n) is 2.92. The highest BCUT2D eigenvalue weighted by atomic mass is 16.6. The molecule has 1 aliphatic heterocycles. The second-order valence-corrected chi connectivity index (χ2v) is 4.50. The normalized spacial score (nSPS) is 12.4. The summed E-state index contributed by atoms with van der Waals surface area (Å²) < 4.78 is 10.4. The van der Waals surface area contributed by atoms with Gasteiger partial charge in [0, 0.05) is 5.39 Å². The van der Waals surface area contributed by atoms with Gasteiger partial charge in [0.15, 0.2) is 0 Å². The fourth-order valence-electron chi connectivity index (χ4n) is 1.90. The molecule has 3 aromatic carbocycles. The molecular weight excluding hydrogens is 248 g/mol. The SMILES string of the molecule is C1CO1.c1ccc(Oc2cccc3ccccc23)cc1. The summed E-state index contributed by atoms with van der Waals surface area (Å²) in [4.78, 5) is 0. The van der Waals surface area contributed by atoms with Crippen LogP contribution < -0.4 is 4.74 Å². The molecule has 0 aromatic heterocycles. The highest BCUT2D eigenvalue weighted by Gasteiger charge is 2.01. The van der Waals surface area contributed by atoms with Crippen LogP contribution in [-0.2, 0) is 4.74 Å². The van der Waals surface area contributed by atoms with Crippen LogP contribution in [0.25, 0.3) is 10.8 Å². The van der Waals surface area contributed by atoms with Crippen molar-refractivity contribution in [3.63, 3.8) is 0 Å². The molecular formula is C18H16O2. The summed E-state index contributed by atoms with van der Waals surface area (Å²) in [7, 11) is 0. The van der Waals surface area contributed by atoms with Crippen LogP contribution in [0.5, 0.6) is 11.5 Å². The Hall–Kier alpha value is -2.32. The van der Waals surface area contributed by atoms with Crippen LogP contribution in [-0.4, -0.2) is 13.2 Å². The molecule has 0 spiro atoms. The molecule has 1 fully saturated rings. The fraction of sp³-hybridized carbons (Fsp3) is 0.111. The van der Waals surface area contributed by atoms with Gasteiger partial charge in [-0.05, 0) is 23.6 Å². The van der Waals surface area contributed by atoms with E-state index >= 15 is 0 Å². The van der Waals surface area contributed by atoms with E-state index in [4.69, 9.17) is 4.74 Å². The molecule has 4 rings (SSSR count). The molecule has 0 amide bonds. The number of fused-ring (bicyclic) bond motifs is 1. The van der Waals surface area contributed by atoms with Crippen molar-refractivity contribution in [3.05, 3.63) is 72.8 Å². The van der Waals surface area contributed by atoms with Crippen molar-refractivity contribution in [2.24, 2.45) is 0 Å². The molecule has 0 unspecified atom stereocenters. The number of para-hydroxylation sites is 1. The topological polar surface area (TPSA) is 21.8 Å². The molecule has 0 bridgehead atoms. The van der Waals surface area contributed by atoms with Gasteiger partial charge in [0.05, 0.1) is 13.2 Å². The van der Waals surface area contributed by atoms with Gasteiger partial charge in [0.2, 0.25) is 0 Å². The van der Waals surface area contributed by atoms with Crippen molar-refractivity contribution in [2.75, 3.05) is 13.2 Å². The van der Waals surface area contributed by atoms with Crippen LogP contribution in [0.15, 0.2) is 72.8 Å². The smallest absolute Gasteiger partial charge is 0.135 e. The lowest BCUT2D eigenvalue weighted by atomic mass is 10.1. The minimum absolute atomic E-state index is 0.865. The molecule has 0 N–H and O–H groups in total. The lowest BCUT2D eigenvalue weighted by molar-refractivity contribution is 0.475. The Bertz CT molecular complexity index is 667. The number of epoxide rings is 1. The Balaban J connectivity index is 0.000000358. The van der Waals surface area contributed by atoms with E-state index in [1.165, 1.54) is 5.39 Å². The van der Waals surface area contributed by atoms with Gasteiger partial charge in [-0.1, -0.05) is 54.6 Å². The lowest BCUT2D eigenvalue weighted by Gasteiger charge is -2.08. The Kier molecular flexibility index (Phi) is 3.95. The third-order valence-corrected chi connectivity index (χ3v) is 2.92. The predicted octanol–water partition coefficient (Wildman–Crippen LogP) is 4.65. The maximum atomic E-state index is 5.89. The molecule has 0 saturated carbocycles. The van der Waals surface area contributed by atoms with Crippen molar-refractivity contribution >= 4 is 10.8 Å². The van der Waals surface area contributed by atoms with E-state index in [0.29, 0.717) is 0 Å². The molecule has 0 aliphatic carbocycles. The van der Waals surface area contributed by atoms with Crippen molar-refractivity contribution in [1.82, 2.24) is 0 Å². The number of hydrogen-bond donors (Lipinski definition) is 0. The maximum Gasteiger partial charge on any atom is 0.135 e. The highest BCUT2D eigenvalue weighted by Crippen LogP contribution is 2.29. The second kappa shape index (κ2) is 6.22. The second-order valence-electron chi connectivity index (χ2n) is 4.50. The van der Waals surface area contributed by atoms with E-state index in [-0.39, 0.29) is 0 Å². The van der Waals surface area contributed by atoms with Crippen molar-refractivity contribution in [1.29, 1.82) is 0 Å². The highest BCUT2D eigenvalue weighted by molar-refractivity contribution is 5.88. The van der Waals surface area contributed by atoms with Gasteiger partial charge in [-0.25, -0.2) is 0 Å². The fourth-order valence-corrected chi connectivity index (χ4v) is 1.90. The molecule has 0 radical (unpaired) electrons. The van der Waals surface area contributed by atoms with Crippen LogP contribution >= 0.6 is 0 Å². The number of rotatable bonds is 2. The lowest BCUT2D eigenvalue weighted by Crippen LogP contribution is -1.84. The Morgan fingerprint density at radius 3 is 2.10 bits per heavy atom. The molecule has 3 aromatic rings. The van der Waals surface area contributed by atoms with Gasteiger partial charge in [-0.15, -0.1) is 0 Å². The Morgan fingerprint density at radius 1 is 0.700 bits per heavy atom. The molecule has 2 nitrogen and oxygen atoms in total. The molecule has 1 aliphatic rings. The minimum Gasteiger partial charge on any atom is -0.457 e. The molecule has 1 saturated heterocycles. The zero-order valence-corrected chi connectivity index (χ0v) is 11.2. The monoisotopic (exact) mass is 264 g/mol. The summed E-state index contributed by atoms with van der Waals surface area (Å²) in [6, 6.07) is 24.2. The first-order valence-electron chi connectivity index (χ1n) is 6.72. The van der Waals surface area contributed by atoms with Crippen LogP contribution in [0.2, 0.25) is 0 Å². The van der Waals surface area contributed by atoms with Gasteiger partial charge >= 0.3 is 0 Å². The standard InChI is InChI=1S/C16H12O.C2H4O/c1-2-9-14(10-3-1)17-16-12-6-8-13-7-4-5-11-15(13)16;1-2-3-1/h1-12H;1-2H2. The molecule has 20 heavy (non-hydrogen) atoms. The van der Waals surface area contributed by atoms with Gasteiger partial charge in [-0.3, -0.25) is 0 Å². The first-order chi connectivity index (χ1) is 9.93.